The number of carbonyl (C=O) groups is 1. The van der Waals surface area contributed by atoms with Crippen LogP contribution in [0.3, 0.4) is 0 Å². The fourth-order valence-electron chi connectivity index (χ4n) is 5.10. The Labute approximate surface area is 194 Å². The van der Waals surface area contributed by atoms with E-state index in [1.165, 1.54) is 12.8 Å². The van der Waals surface area contributed by atoms with Crippen molar-refractivity contribution in [3.63, 3.8) is 0 Å². The minimum Gasteiger partial charge on any atom is -0.496 e. The first-order valence-electron chi connectivity index (χ1n) is 12.0. The second kappa shape index (κ2) is 9.83. The van der Waals surface area contributed by atoms with Crippen LogP contribution in [0.15, 0.2) is 52.9 Å². The van der Waals surface area contributed by atoms with Crippen molar-refractivity contribution in [3.05, 3.63) is 54.1 Å². The molecule has 2 aliphatic heterocycles. The fourth-order valence-corrected chi connectivity index (χ4v) is 5.10. The first-order valence-corrected chi connectivity index (χ1v) is 12.0. The van der Waals surface area contributed by atoms with Crippen LogP contribution in [0.2, 0.25) is 0 Å². The predicted molar refractivity (Wildman–Crippen MR) is 128 cm³/mol. The number of oxazole rings is 1. The summed E-state index contributed by atoms with van der Waals surface area (Å²) in [6.07, 6.45) is 4.00. The molecule has 0 aliphatic carbocycles. The van der Waals surface area contributed by atoms with E-state index in [0.29, 0.717) is 12.6 Å². The van der Waals surface area contributed by atoms with Crippen molar-refractivity contribution in [1.29, 1.82) is 0 Å². The first kappa shape index (κ1) is 21.8. The third kappa shape index (κ3) is 4.69. The average Bonchev–Trinajstić information content (AvgIpc) is 3.55. The molecule has 0 bridgehead atoms. The third-order valence-electron chi connectivity index (χ3n) is 6.97. The Bertz CT molecular complexity index is 1050. The number of carbonyl (C=O) groups excluding carboxylic acids is 1. The van der Waals surface area contributed by atoms with Gasteiger partial charge in [-0.05, 0) is 57.0 Å². The molecule has 7 nitrogen and oxygen atoms in total. The van der Waals surface area contributed by atoms with Crippen LogP contribution in [0.4, 0.5) is 6.01 Å². The SMILES string of the molecule is COc1ccccc1C(CNC(=O)C1CCN(c2nc3ccccc3o2)CC1)N1CCCC1. The van der Waals surface area contributed by atoms with Gasteiger partial charge in [0.05, 0.1) is 13.2 Å². The van der Waals surface area contributed by atoms with Crippen molar-refractivity contribution in [2.45, 2.75) is 31.7 Å². The lowest BCUT2D eigenvalue weighted by atomic mass is 9.95. The number of rotatable bonds is 7. The predicted octanol–water partition coefficient (Wildman–Crippen LogP) is 4.01. The summed E-state index contributed by atoms with van der Waals surface area (Å²) >= 11 is 0. The maximum absolute atomic E-state index is 13.1. The van der Waals surface area contributed by atoms with E-state index in [2.05, 4.69) is 26.2 Å². The number of hydrogen-bond donors (Lipinski definition) is 1. The Morgan fingerprint density at radius 2 is 1.82 bits per heavy atom. The molecule has 1 aromatic heterocycles. The molecule has 1 atom stereocenters. The minimum absolute atomic E-state index is 0.0162. The summed E-state index contributed by atoms with van der Waals surface area (Å²) in [7, 11) is 1.71. The molecule has 7 heteroatoms. The standard InChI is InChI=1S/C26H32N4O3/c1-32-23-10-4-2-8-20(23)22(29-14-6-7-15-29)18-27-25(31)19-12-16-30(17-13-19)26-28-21-9-3-5-11-24(21)33-26/h2-5,8-11,19,22H,6-7,12-18H2,1H3,(H,27,31). The van der Waals surface area contributed by atoms with Gasteiger partial charge in [0.1, 0.15) is 11.3 Å². The van der Waals surface area contributed by atoms with E-state index in [-0.39, 0.29) is 17.9 Å². The van der Waals surface area contributed by atoms with E-state index < -0.39 is 0 Å². The van der Waals surface area contributed by atoms with E-state index in [1.54, 1.807) is 7.11 Å². The van der Waals surface area contributed by atoms with Gasteiger partial charge in [-0.25, -0.2) is 0 Å². The number of aromatic nitrogens is 1. The lowest BCUT2D eigenvalue weighted by Gasteiger charge is -2.32. The van der Waals surface area contributed by atoms with Gasteiger partial charge in [0.15, 0.2) is 5.58 Å². The Kier molecular flexibility index (Phi) is 6.48. The zero-order valence-corrected chi connectivity index (χ0v) is 19.2. The summed E-state index contributed by atoms with van der Waals surface area (Å²) in [5.41, 5.74) is 2.82. The van der Waals surface area contributed by atoms with Crippen LogP contribution < -0.4 is 15.0 Å². The highest BCUT2D eigenvalue weighted by Crippen LogP contribution is 2.32. The first-order chi connectivity index (χ1) is 16.2. The van der Waals surface area contributed by atoms with E-state index >= 15 is 0 Å². The Hall–Kier alpha value is -3.06. The van der Waals surface area contributed by atoms with Crippen LogP contribution in [-0.2, 0) is 4.79 Å². The van der Waals surface area contributed by atoms with Crippen molar-refractivity contribution in [2.24, 2.45) is 5.92 Å². The fraction of sp³-hybridized carbons (Fsp3) is 0.462. The molecule has 2 aromatic carbocycles. The normalized spacial score (nSPS) is 18.5. The maximum Gasteiger partial charge on any atom is 0.298 e. The van der Waals surface area contributed by atoms with Gasteiger partial charge >= 0.3 is 0 Å². The topological polar surface area (TPSA) is 70.8 Å². The molecule has 1 amide bonds. The maximum atomic E-state index is 13.1. The van der Waals surface area contributed by atoms with Gasteiger partial charge in [-0.1, -0.05) is 30.3 Å². The van der Waals surface area contributed by atoms with Gasteiger partial charge in [0, 0.05) is 31.1 Å². The third-order valence-corrected chi connectivity index (χ3v) is 6.97. The molecular weight excluding hydrogens is 416 g/mol. The smallest absolute Gasteiger partial charge is 0.298 e. The highest BCUT2D eigenvalue weighted by Gasteiger charge is 2.30. The second-order valence-electron chi connectivity index (χ2n) is 8.97. The van der Waals surface area contributed by atoms with E-state index in [9.17, 15) is 4.79 Å². The van der Waals surface area contributed by atoms with E-state index in [4.69, 9.17) is 9.15 Å². The zero-order chi connectivity index (χ0) is 22.6. The number of amides is 1. The summed E-state index contributed by atoms with van der Waals surface area (Å²) in [6.45, 7) is 4.26. The molecular formula is C26H32N4O3. The van der Waals surface area contributed by atoms with E-state index in [0.717, 1.165) is 61.4 Å². The number of likely N-dealkylation sites (tertiary alicyclic amines) is 1. The van der Waals surface area contributed by atoms with Crippen molar-refractivity contribution < 1.29 is 13.9 Å². The number of methoxy groups -OCH3 is 1. The molecule has 3 heterocycles. The Morgan fingerprint density at radius 3 is 2.58 bits per heavy atom. The molecule has 1 unspecified atom stereocenters. The quantitative estimate of drug-likeness (QED) is 0.589. The number of para-hydroxylation sites is 3. The molecule has 3 aromatic rings. The van der Waals surface area contributed by atoms with Crippen LogP contribution in [0.1, 0.15) is 37.3 Å². The molecule has 0 radical (unpaired) electrons. The number of piperidine rings is 1. The molecule has 33 heavy (non-hydrogen) atoms. The minimum atomic E-state index is 0.0162. The van der Waals surface area contributed by atoms with Crippen LogP contribution in [0.25, 0.3) is 11.1 Å². The van der Waals surface area contributed by atoms with Crippen LogP contribution >= 0.6 is 0 Å². The highest BCUT2D eigenvalue weighted by atomic mass is 16.5. The van der Waals surface area contributed by atoms with Crippen molar-refractivity contribution >= 4 is 23.0 Å². The van der Waals surface area contributed by atoms with E-state index in [1.807, 2.05) is 42.5 Å². The zero-order valence-electron chi connectivity index (χ0n) is 19.2. The lowest BCUT2D eigenvalue weighted by molar-refractivity contribution is -0.125. The number of nitrogens with one attached hydrogen (secondary N) is 1. The number of fused-ring (bicyclic) bond motifs is 1. The number of benzene rings is 2. The number of anilines is 1. The second-order valence-corrected chi connectivity index (χ2v) is 8.97. The number of nitrogens with zero attached hydrogens (tertiary/aromatic N) is 3. The number of ether oxygens (including phenoxy) is 1. The molecule has 2 saturated heterocycles. The Morgan fingerprint density at radius 1 is 1.09 bits per heavy atom. The van der Waals surface area contributed by atoms with Gasteiger partial charge in [-0.2, -0.15) is 4.98 Å². The van der Waals surface area contributed by atoms with Gasteiger partial charge < -0.3 is 19.4 Å². The van der Waals surface area contributed by atoms with Gasteiger partial charge in [-0.15, -0.1) is 0 Å². The van der Waals surface area contributed by atoms with Crippen LogP contribution in [-0.4, -0.2) is 55.6 Å². The molecule has 2 aliphatic rings. The molecule has 0 spiro atoms. The largest absolute Gasteiger partial charge is 0.496 e. The number of hydrogen-bond acceptors (Lipinski definition) is 6. The molecule has 2 fully saturated rings. The molecule has 5 rings (SSSR count). The van der Waals surface area contributed by atoms with Gasteiger partial charge in [-0.3, -0.25) is 9.69 Å². The van der Waals surface area contributed by atoms with Crippen molar-refractivity contribution in [1.82, 2.24) is 15.2 Å². The van der Waals surface area contributed by atoms with Crippen molar-refractivity contribution in [3.8, 4) is 5.75 Å². The average molecular weight is 449 g/mol. The van der Waals surface area contributed by atoms with Crippen LogP contribution in [0, 0.1) is 5.92 Å². The molecule has 1 N–H and O–H groups in total. The lowest BCUT2D eigenvalue weighted by Crippen LogP contribution is -2.43. The summed E-state index contributed by atoms with van der Waals surface area (Å²) < 4.78 is 11.5. The Balaban J connectivity index is 1.20. The summed E-state index contributed by atoms with van der Waals surface area (Å²) in [5, 5.41) is 3.26. The monoisotopic (exact) mass is 448 g/mol. The van der Waals surface area contributed by atoms with Gasteiger partial charge in [0.2, 0.25) is 5.91 Å². The molecule has 0 saturated carbocycles. The summed E-state index contributed by atoms with van der Waals surface area (Å²) in [6, 6.07) is 16.8. The van der Waals surface area contributed by atoms with Crippen LogP contribution in [0.5, 0.6) is 5.75 Å². The van der Waals surface area contributed by atoms with Gasteiger partial charge in [0.25, 0.3) is 6.01 Å². The van der Waals surface area contributed by atoms with Crippen molar-refractivity contribution in [2.75, 3.05) is 44.7 Å². The molecule has 174 valence electrons. The highest BCUT2D eigenvalue weighted by molar-refractivity contribution is 5.79. The summed E-state index contributed by atoms with van der Waals surface area (Å²) in [4.78, 5) is 22.3. The summed E-state index contributed by atoms with van der Waals surface area (Å²) in [5.74, 6) is 1.05.